The molecule has 0 saturated carbocycles. The minimum absolute atomic E-state index is 0.156. The number of hydrogen-bond donors (Lipinski definition) is 1. The first-order valence-electron chi connectivity index (χ1n) is 6.30. The molecule has 1 heterocycles. The van der Waals surface area contributed by atoms with Crippen LogP contribution in [-0.2, 0) is 13.0 Å². The second-order valence-electron chi connectivity index (χ2n) is 4.91. The third kappa shape index (κ3) is 2.04. The molecule has 1 aliphatic heterocycles. The molecule has 1 unspecified atom stereocenters. The number of rotatable bonds is 2. The van der Waals surface area contributed by atoms with Crippen molar-refractivity contribution in [3.05, 3.63) is 70.5 Å². The zero-order valence-corrected chi connectivity index (χ0v) is 10.4. The van der Waals surface area contributed by atoms with Crippen LogP contribution in [0.2, 0.25) is 0 Å². The van der Waals surface area contributed by atoms with Gasteiger partial charge in [-0.1, -0.05) is 30.3 Å². The van der Waals surface area contributed by atoms with Crippen molar-refractivity contribution >= 4 is 0 Å². The third-order valence-electron chi connectivity index (χ3n) is 3.70. The minimum atomic E-state index is -0.156. The first-order valence-corrected chi connectivity index (χ1v) is 6.30. The van der Waals surface area contributed by atoms with E-state index in [0.29, 0.717) is 6.04 Å². The molecule has 0 saturated heterocycles. The Morgan fingerprint density at radius 3 is 2.89 bits per heavy atom. The molecule has 3 rings (SSSR count). The van der Waals surface area contributed by atoms with Crippen LogP contribution in [0, 0.1) is 12.7 Å². The van der Waals surface area contributed by atoms with Gasteiger partial charge in [-0.2, -0.15) is 0 Å². The summed E-state index contributed by atoms with van der Waals surface area (Å²) >= 11 is 0. The maximum Gasteiger partial charge on any atom is 0.123 e. The molecular formula is C16H16FN. The number of aryl methyl sites for hydroxylation is 1. The van der Waals surface area contributed by atoms with Crippen LogP contribution in [0.4, 0.5) is 4.39 Å². The van der Waals surface area contributed by atoms with Crippen LogP contribution < -0.4 is 5.32 Å². The topological polar surface area (TPSA) is 12.0 Å². The summed E-state index contributed by atoms with van der Waals surface area (Å²) in [6.45, 7) is 2.90. The number of benzene rings is 2. The SMILES string of the molecule is Cc1cc(F)ccc1CC1NCc2ccccc21. The van der Waals surface area contributed by atoms with Gasteiger partial charge >= 0.3 is 0 Å². The summed E-state index contributed by atoms with van der Waals surface area (Å²) in [5.74, 6) is -0.156. The van der Waals surface area contributed by atoms with Gasteiger partial charge in [0.15, 0.2) is 0 Å². The van der Waals surface area contributed by atoms with Crippen LogP contribution in [0.1, 0.15) is 28.3 Å². The smallest absolute Gasteiger partial charge is 0.123 e. The summed E-state index contributed by atoms with van der Waals surface area (Å²) in [5.41, 5.74) is 5.00. The second kappa shape index (κ2) is 4.54. The van der Waals surface area contributed by atoms with Gasteiger partial charge in [-0.05, 0) is 47.7 Å². The Morgan fingerprint density at radius 1 is 1.22 bits per heavy atom. The molecule has 1 nitrogen and oxygen atoms in total. The fourth-order valence-corrected chi connectivity index (χ4v) is 2.67. The molecule has 2 aromatic carbocycles. The lowest BCUT2D eigenvalue weighted by Gasteiger charge is -2.14. The minimum Gasteiger partial charge on any atom is -0.306 e. The van der Waals surface area contributed by atoms with Crippen molar-refractivity contribution in [2.75, 3.05) is 0 Å². The second-order valence-corrected chi connectivity index (χ2v) is 4.91. The Hall–Kier alpha value is -1.67. The van der Waals surface area contributed by atoms with E-state index >= 15 is 0 Å². The van der Waals surface area contributed by atoms with E-state index in [-0.39, 0.29) is 5.82 Å². The van der Waals surface area contributed by atoms with Gasteiger partial charge in [0.25, 0.3) is 0 Å². The fourth-order valence-electron chi connectivity index (χ4n) is 2.67. The summed E-state index contributed by atoms with van der Waals surface area (Å²) in [6, 6.07) is 13.9. The van der Waals surface area contributed by atoms with Gasteiger partial charge in [0.1, 0.15) is 5.82 Å². The fraction of sp³-hybridized carbons (Fsp3) is 0.250. The van der Waals surface area contributed by atoms with Gasteiger partial charge in [0.2, 0.25) is 0 Å². The van der Waals surface area contributed by atoms with E-state index in [4.69, 9.17) is 0 Å². The highest BCUT2D eigenvalue weighted by Gasteiger charge is 2.21. The van der Waals surface area contributed by atoms with Crippen molar-refractivity contribution in [1.82, 2.24) is 5.32 Å². The van der Waals surface area contributed by atoms with E-state index in [1.807, 2.05) is 13.0 Å². The van der Waals surface area contributed by atoms with Gasteiger partial charge in [0.05, 0.1) is 0 Å². The van der Waals surface area contributed by atoms with Crippen molar-refractivity contribution < 1.29 is 4.39 Å². The number of fused-ring (bicyclic) bond motifs is 1. The molecule has 0 amide bonds. The molecule has 2 heteroatoms. The Labute approximate surface area is 107 Å². The van der Waals surface area contributed by atoms with E-state index in [9.17, 15) is 4.39 Å². The number of nitrogens with one attached hydrogen (secondary N) is 1. The summed E-state index contributed by atoms with van der Waals surface area (Å²) in [7, 11) is 0. The van der Waals surface area contributed by atoms with Gasteiger partial charge in [-0.3, -0.25) is 0 Å². The lowest BCUT2D eigenvalue weighted by molar-refractivity contribution is 0.577. The summed E-state index contributed by atoms with van der Waals surface area (Å²) in [6.07, 6.45) is 0.920. The molecule has 0 radical (unpaired) electrons. The van der Waals surface area contributed by atoms with E-state index in [1.54, 1.807) is 12.1 Å². The molecule has 0 fully saturated rings. The molecule has 0 aliphatic carbocycles. The molecule has 92 valence electrons. The summed E-state index contributed by atoms with van der Waals surface area (Å²) in [5, 5.41) is 3.52. The molecule has 2 aromatic rings. The van der Waals surface area contributed by atoms with E-state index in [1.165, 1.54) is 16.7 Å². The maximum atomic E-state index is 13.1. The lowest BCUT2D eigenvalue weighted by Crippen LogP contribution is -2.15. The molecule has 0 bridgehead atoms. The average Bonchev–Trinajstić information content (AvgIpc) is 2.76. The third-order valence-corrected chi connectivity index (χ3v) is 3.70. The predicted octanol–water partition coefficient (Wildman–Crippen LogP) is 3.52. The maximum absolute atomic E-state index is 13.1. The van der Waals surface area contributed by atoms with Gasteiger partial charge in [-0.15, -0.1) is 0 Å². The van der Waals surface area contributed by atoms with Gasteiger partial charge < -0.3 is 5.32 Å². The van der Waals surface area contributed by atoms with Crippen LogP contribution in [0.15, 0.2) is 42.5 Å². The highest BCUT2D eigenvalue weighted by molar-refractivity contribution is 5.36. The van der Waals surface area contributed by atoms with Crippen LogP contribution in [0.5, 0.6) is 0 Å². The Morgan fingerprint density at radius 2 is 2.06 bits per heavy atom. The Balaban J connectivity index is 1.86. The van der Waals surface area contributed by atoms with Crippen molar-refractivity contribution in [3.8, 4) is 0 Å². The first-order chi connectivity index (χ1) is 8.74. The van der Waals surface area contributed by atoms with Gasteiger partial charge in [0, 0.05) is 12.6 Å². The molecule has 1 aliphatic rings. The molecule has 0 aromatic heterocycles. The van der Waals surface area contributed by atoms with Crippen molar-refractivity contribution in [1.29, 1.82) is 0 Å². The molecule has 18 heavy (non-hydrogen) atoms. The first kappa shape index (κ1) is 11.4. The van der Waals surface area contributed by atoms with Crippen LogP contribution >= 0.6 is 0 Å². The highest BCUT2D eigenvalue weighted by atomic mass is 19.1. The Kier molecular flexibility index (Phi) is 2.88. The van der Waals surface area contributed by atoms with Crippen LogP contribution in [0.25, 0.3) is 0 Å². The van der Waals surface area contributed by atoms with Crippen molar-refractivity contribution in [2.24, 2.45) is 0 Å². The zero-order chi connectivity index (χ0) is 12.5. The Bertz CT molecular complexity index is 577. The standard InChI is InChI=1S/C16H16FN/c1-11-8-14(17)7-6-12(11)9-16-15-5-3-2-4-13(15)10-18-16/h2-8,16,18H,9-10H2,1H3. The number of halogens is 1. The quantitative estimate of drug-likeness (QED) is 0.848. The lowest BCUT2D eigenvalue weighted by atomic mass is 9.96. The van der Waals surface area contributed by atoms with E-state index in [2.05, 4.69) is 29.6 Å². The van der Waals surface area contributed by atoms with Crippen molar-refractivity contribution in [2.45, 2.75) is 25.9 Å². The molecule has 1 atom stereocenters. The number of hydrogen-bond acceptors (Lipinski definition) is 1. The zero-order valence-electron chi connectivity index (χ0n) is 10.4. The van der Waals surface area contributed by atoms with Gasteiger partial charge in [-0.25, -0.2) is 4.39 Å². The molecular weight excluding hydrogens is 225 g/mol. The van der Waals surface area contributed by atoms with E-state index in [0.717, 1.165) is 18.5 Å². The summed E-state index contributed by atoms with van der Waals surface area (Å²) in [4.78, 5) is 0. The predicted molar refractivity (Wildman–Crippen MR) is 70.9 cm³/mol. The normalized spacial score (nSPS) is 17.8. The van der Waals surface area contributed by atoms with Crippen LogP contribution in [0.3, 0.4) is 0 Å². The molecule has 0 spiro atoms. The van der Waals surface area contributed by atoms with E-state index < -0.39 is 0 Å². The summed E-state index contributed by atoms with van der Waals surface area (Å²) < 4.78 is 13.1. The molecule has 1 N–H and O–H groups in total. The van der Waals surface area contributed by atoms with Crippen molar-refractivity contribution in [3.63, 3.8) is 0 Å². The monoisotopic (exact) mass is 241 g/mol. The largest absolute Gasteiger partial charge is 0.306 e. The van der Waals surface area contributed by atoms with Crippen LogP contribution in [-0.4, -0.2) is 0 Å². The highest BCUT2D eigenvalue weighted by Crippen LogP contribution is 2.28. The average molecular weight is 241 g/mol.